The Labute approximate surface area is 149 Å². The molecule has 2 aromatic carbocycles. The Morgan fingerprint density at radius 1 is 1.08 bits per heavy atom. The minimum atomic E-state index is 0.0878. The summed E-state index contributed by atoms with van der Waals surface area (Å²) in [6.45, 7) is 0.544. The van der Waals surface area contributed by atoms with E-state index in [1.807, 2.05) is 72.5 Å². The second-order valence-electron chi connectivity index (χ2n) is 5.68. The molecule has 5 heteroatoms. The van der Waals surface area contributed by atoms with Crippen LogP contribution in [0.5, 0.6) is 0 Å². The second-order valence-corrected chi connectivity index (χ2v) is 6.60. The van der Waals surface area contributed by atoms with Gasteiger partial charge in [0.05, 0.1) is 18.3 Å². The van der Waals surface area contributed by atoms with Crippen LogP contribution in [-0.2, 0) is 17.8 Å². The first-order valence-corrected chi connectivity index (χ1v) is 8.48. The van der Waals surface area contributed by atoms with Gasteiger partial charge in [0, 0.05) is 29.8 Å². The van der Waals surface area contributed by atoms with E-state index in [-0.39, 0.29) is 5.91 Å². The van der Waals surface area contributed by atoms with Crippen LogP contribution in [-0.4, -0.2) is 27.6 Å². The Hall–Kier alpha value is -2.40. The molecule has 0 bridgehead atoms. The highest BCUT2D eigenvalue weighted by atomic mass is 79.9. The summed E-state index contributed by atoms with van der Waals surface area (Å²) in [4.78, 5) is 14.1. The maximum absolute atomic E-state index is 12.4. The molecule has 0 aliphatic heterocycles. The number of carbonyl (C=O) groups is 1. The summed E-state index contributed by atoms with van der Waals surface area (Å²) < 4.78 is 2.84. The number of amides is 1. The van der Waals surface area contributed by atoms with Crippen molar-refractivity contribution in [2.45, 2.75) is 13.0 Å². The molecule has 122 valence electrons. The van der Waals surface area contributed by atoms with Gasteiger partial charge in [0.25, 0.3) is 0 Å². The lowest BCUT2D eigenvalue weighted by atomic mass is 10.1. The molecule has 1 aromatic heterocycles. The number of hydrogen-bond acceptors (Lipinski definition) is 2. The average Bonchev–Trinajstić information content (AvgIpc) is 3.06. The third-order valence-electron chi connectivity index (χ3n) is 3.77. The van der Waals surface area contributed by atoms with Gasteiger partial charge in [-0.3, -0.25) is 4.79 Å². The van der Waals surface area contributed by atoms with Crippen molar-refractivity contribution in [3.63, 3.8) is 0 Å². The van der Waals surface area contributed by atoms with E-state index in [4.69, 9.17) is 0 Å². The highest BCUT2D eigenvalue weighted by Gasteiger charge is 2.11. The third-order valence-corrected chi connectivity index (χ3v) is 4.30. The van der Waals surface area contributed by atoms with E-state index in [1.54, 1.807) is 11.1 Å². The van der Waals surface area contributed by atoms with Crippen LogP contribution < -0.4 is 0 Å². The van der Waals surface area contributed by atoms with E-state index in [0.29, 0.717) is 13.0 Å². The zero-order chi connectivity index (χ0) is 16.9. The van der Waals surface area contributed by atoms with E-state index in [1.165, 1.54) is 0 Å². The molecule has 0 N–H and O–H groups in total. The molecule has 3 aromatic rings. The van der Waals surface area contributed by atoms with Gasteiger partial charge in [0.1, 0.15) is 0 Å². The van der Waals surface area contributed by atoms with Crippen molar-refractivity contribution < 1.29 is 4.79 Å². The standard InChI is InChI=1S/C19H18BrN3O/c1-22(19(24)11-15-7-9-17(20)10-8-15)13-16-12-21-23(14-16)18-5-3-2-4-6-18/h2-10,12,14H,11,13H2,1H3. The molecule has 0 spiro atoms. The number of carbonyl (C=O) groups excluding carboxylic acids is 1. The highest BCUT2D eigenvalue weighted by molar-refractivity contribution is 9.10. The Morgan fingerprint density at radius 2 is 1.79 bits per heavy atom. The predicted molar refractivity (Wildman–Crippen MR) is 97.9 cm³/mol. The number of hydrogen-bond donors (Lipinski definition) is 0. The van der Waals surface area contributed by atoms with Crippen LogP contribution in [0.1, 0.15) is 11.1 Å². The van der Waals surface area contributed by atoms with Gasteiger partial charge in [-0.2, -0.15) is 5.10 Å². The molecule has 1 heterocycles. The van der Waals surface area contributed by atoms with Gasteiger partial charge in [-0.05, 0) is 29.8 Å². The van der Waals surface area contributed by atoms with Gasteiger partial charge in [-0.15, -0.1) is 0 Å². The summed E-state index contributed by atoms with van der Waals surface area (Å²) in [5.41, 5.74) is 3.02. The first-order chi connectivity index (χ1) is 11.6. The number of para-hydroxylation sites is 1. The number of aromatic nitrogens is 2. The van der Waals surface area contributed by atoms with Crippen molar-refractivity contribution in [2.75, 3.05) is 7.05 Å². The van der Waals surface area contributed by atoms with Crippen LogP contribution in [0, 0.1) is 0 Å². The third kappa shape index (κ3) is 4.11. The molecular weight excluding hydrogens is 366 g/mol. The van der Waals surface area contributed by atoms with E-state index >= 15 is 0 Å². The Kier molecular flexibility index (Phi) is 5.11. The molecule has 0 unspecified atom stereocenters. The van der Waals surface area contributed by atoms with Crippen LogP contribution in [0.2, 0.25) is 0 Å². The second kappa shape index (κ2) is 7.45. The first kappa shape index (κ1) is 16.5. The van der Waals surface area contributed by atoms with Crippen LogP contribution >= 0.6 is 15.9 Å². The fraction of sp³-hybridized carbons (Fsp3) is 0.158. The lowest BCUT2D eigenvalue weighted by Gasteiger charge is -2.16. The highest BCUT2D eigenvalue weighted by Crippen LogP contribution is 2.13. The monoisotopic (exact) mass is 383 g/mol. The van der Waals surface area contributed by atoms with Gasteiger partial charge in [0.2, 0.25) is 5.91 Å². The summed E-state index contributed by atoms with van der Waals surface area (Å²) in [7, 11) is 1.82. The predicted octanol–water partition coefficient (Wildman–Crippen LogP) is 3.84. The van der Waals surface area contributed by atoms with E-state index in [0.717, 1.165) is 21.3 Å². The van der Waals surface area contributed by atoms with Crippen molar-refractivity contribution in [1.29, 1.82) is 0 Å². The fourth-order valence-corrected chi connectivity index (χ4v) is 2.70. The van der Waals surface area contributed by atoms with E-state index in [9.17, 15) is 4.79 Å². The topological polar surface area (TPSA) is 38.1 Å². The average molecular weight is 384 g/mol. The maximum Gasteiger partial charge on any atom is 0.227 e. The zero-order valence-electron chi connectivity index (χ0n) is 13.4. The molecule has 0 saturated heterocycles. The Morgan fingerprint density at radius 3 is 2.50 bits per heavy atom. The molecule has 0 saturated carbocycles. The molecular formula is C19H18BrN3O. The van der Waals surface area contributed by atoms with Crippen LogP contribution in [0.4, 0.5) is 0 Å². The Bertz CT molecular complexity index is 812. The molecule has 0 atom stereocenters. The van der Waals surface area contributed by atoms with Crippen molar-refractivity contribution in [3.05, 3.63) is 82.6 Å². The van der Waals surface area contributed by atoms with E-state index < -0.39 is 0 Å². The van der Waals surface area contributed by atoms with Gasteiger partial charge in [0.15, 0.2) is 0 Å². The van der Waals surface area contributed by atoms with Crippen LogP contribution in [0.3, 0.4) is 0 Å². The quantitative estimate of drug-likeness (QED) is 0.671. The van der Waals surface area contributed by atoms with Crippen molar-refractivity contribution in [1.82, 2.24) is 14.7 Å². The minimum Gasteiger partial charge on any atom is -0.341 e. The molecule has 4 nitrogen and oxygen atoms in total. The minimum absolute atomic E-state index is 0.0878. The molecule has 3 rings (SSSR count). The summed E-state index contributed by atoms with van der Waals surface area (Å²) in [5, 5.41) is 4.37. The molecule has 0 aliphatic rings. The first-order valence-electron chi connectivity index (χ1n) is 7.69. The van der Waals surface area contributed by atoms with Crippen molar-refractivity contribution in [2.24, 2.45) is 0 Å². The zero-order valence-corrected chi connectivity index (χ0v) is 15.0. The van der Waals surface area contributed by atoms with Gasteiger partial charge in [-0.25, -0.2) is 4.68 Å². The van der Waals surface area contributed by atoms with Crippen LogP contribution in [0.25, 0.3) is 5.69 Å². The van der Waals surface area contributed by atoms with Crippen molar-refractivity contribution in [3.8, 4) is 5.69 Å². The molecule has 24 heavy (non-hydrogen) atoms. The van der Waals surface area contributed by atoms with Gasteiger partial charge < -0.3 is 4.90 Å². The summed E-state index contributed by atoms with van der Waals surface area (Å²) in [6, 6.07) is 17.8. The van der Waals surface area contributed by atoms with Gasteiger partial charge >= 0.3 is 0 Å². The van der Waals surface area contributed by atoms with E-state index in [2.05, 4.69) is 21.0 Å². The smallest absolute Gasteiger partial charge is 0.227 e. The number of nitrogens with zero attached hydrogens (tertiary/aromatic N) is 3. The number of rotatable bonds is 5. The Balaban J connectivity index is 1.62. The largest absolute Gasteiger partial charge is 0.341 e. The molecule has 0 aliphatic carbocycles. The van der Waals surface area contributed by atoms with Crippen LogP contribution in [0.15, 0.2) is 71.5 Å². The fourth-order valence-electron chi connectivity index (χ4n) is 2.44. The number of halogens is 1. The molecule has 0 fully saturated rings. The number of likely N-dealkylation sites (N-methyl/N-ethyl adjacent to an activating group) is 1. The summed E-state index contributed by atoms with van der Waals surface area (Å²) in [6.07, 6.45) is 4.16. The lowest BCUT2D eigenvalue weighted by Crippen LogP contribution is -2.27. The number of benzene rings is 2. The SMILES string of the molecule is CN(Cc1cnn(-c2ccccc2)c1)C(=O)Cc1ccc(Br)cc1. The van der Waals surface area contributed by atoms with Gasteiger partial charge in [-0.1, -0.05) is 46.3 Å². The summed E-state index contributed by atoms with van der Waals surface area (Å²) in [5.74, 6) is 0.0878. The molecule has 0 radical (unpaired) electrons. The lowest BCUT2D eigenvalue weighted by molar-refractivity contribution is -0.129. The molecule has 1 amide bonds. The summed E-state index contributed by atoms with van der Waals surface area (Å²) >= 11 is 3.40. The normalized spacial score (nSPS) is 10.6. The van der Waals surface area contributed by atoms with Crippen molar-refractivity contribution >= 4 is 21.8 Å². The maximum atomic E-state index is 12.4.